The smallest absolute Gasteiger partial charge is 0.323 e. The normalized spacial score (nSPS) is 20.8. The zero-order valence-corrected chi connectivity index (χ0v) is 10.6. The molecule has 4 N–H and O–H groups in total. The zero-order chi connectivity index (χ0) is 14.3. The Labute approximate surface area is 115 Å². The standard InChI is InChI=1S/C15H14N2O3/c16-15(20)17-11-7-3-1-5-9(11)13(18)14(19)10-6-2-4-8-12(10)17/h1-8,13-14,18-19H,(H2,16,20)/t13-,14-/m1/s1. The summed E-state index contributed by atoms with van der Waals surface area (Å²) in [6.07, 6.45) is -2.23. The number of carbonyl (C=O) groups is 1. The van der Waals surface area contributed by atoms with Crippen LogP contribution in [0.15, 0.2) is 48.5 Å². The molecular weight excluding hydrogens is 256 g/mol. The van der Waals surface area contributed by atoms with E-state index in [4.69, 9.17) is 5.73 Å². The number of nitrogens with two attached hydrogens (primary N) is 1. The fourth-order valence-electron chi connectivity index (χ4n) is 2.59. The van der Waals surface area contributed by atoms with E-state index in [1.54, 1.807) is 48.5 Å². The van der Waals surface area contributed by atoms with Crippen molar-refractivity contribution >= 4 is 17.4 Å². The molecule has 2 aromatic rings. The SMILES string of the molecule is NC(=O)N1c2ccccc2[C@@H](O)[C@H](O)c2ccccc21. The van der Waals surface area contributed by atoms with Crippen molar-refractivity contribution in [3.05, 3.63) is 59.7 Å². The van der Waals surface area contributed by atoms with Crippen LogP contribution in [-0.2, 0) is 0 Å². The first kappa shape index (κ1) is 12.7. The molecule has 1 heterocycles. The van der Waals surface area contributed by atoms with Crippen molar-refractivity contribution in [2.75, 3.05) is 4.90 Å². The highest BCUT2D eigenvalue weighted by Crippen LogP contribution is 2.44. The number of carbonyl (C=O) groups excluding carboxylic acids is 1. The Bertz CT molecular complexity index is 620. The van der Waals surface area contributed by atoms with Crippen LogP contribution in [-0.4, -0.2) is 16.2 Å². The van der Waals surface area contributed by atoms with E-state index in [-0.39, 0.29) is 0 Å². The summed E-state index contributed by atoms with van der Waals surface area (Å²) in [5.74, 6) is 0. The van der Waals surface area contributed by atoms with E-state index in [2.05, 4.69) is 0 Å². The highest BCUT2D eigenvalue weighted by atomic mass is 16.3. The average molecular weight is 270 g/mol. The Kier molecular flexibility index (Phi) is 2.93. The molecule has 5 heteroatoms. The second kappa shape index (κ2) is 4.63. The minimum Gasteiger partial charge on any atom is -0.385 e. The number of aliphatic hydroxyl groups excluding tert-OH is 2. The lowest BCUT2D eigenvalue weighted by Crippen LogP contribution is -2.32. The van der Waals surface area contributed by atoms with Gasteiger partial charge in [-0.05, 0) is 12.1 Å². The van der Waals surface area contributed by atoms with Crippen LogP contribution in [0.2, 0.25) is 0 Å². The van der Waals surface area contributed by atoms with E-state index in [0.29, 0.717) is 22.5 Å². The van der Waals surface area contributed by atoms with Gasteiger partial charge in [-0.1, -0.05) is 36.4 Å². The van der Waals surface area contributed by atoms with E-state index in [1.807, 2.05) is 0 Å². The van der Waals surface area contributed by atoms with Gasteiger partial charge in [0.2, 0.25) is 0 Å². The monoisotopic (exact) mass is 270 g/mol. The van der Waals surface area contributed by atoms with E-state index < -0.39 is 18.2 Å². The van der Waals surface area contributed by atoms with Crippen LogP contribution in [0.25, 0.3) is 0 Å². The molecule has 0 aromatic heterocycles. The van der Waals surface area contributed by atoms with Crippen molar-refractivity contribution in [1.29, 1.82) is 0 Å². The maximum absolute atomic E-state index is 11.8. The Balaban J connectivity index is 2.33. The molecule has 0 unspecified atom stereocenters. The zero-order valence-electron chi connectivity index (χ0n) is 10.6. The summed E-state index contributed by atoms with van der Waals surface area (Å²) in [6.45, 7) is 0. The molecule has 0 spiro atoms. The van der Waals surface area contributed by atoms with Gasteiger partial charge >= 0.3 is 6.03 Å². The number of benzene rings is 2. The third-order valence-electron chi connectivity index (χ3n) is 3.51. The Morgan fingerprint density at radius 3 is 1.70 bits per heavy atom. The van der Waals surface area contributed by atoms with E-state index in [9.17, 15) is 15.0 Å². The van der Waals surface area contributed by atoms with Gasteiger partial charge in [0.25, 0.3) is 0 Å². The molecule has 0 aliphatic carbocycles. The highest BCUT2D eigenvalue weighted by Gasteiger charge is 2.33. The van der Waals surface area contributed by atoms with Crippen LogP contribution in [0.5, 0.6) is 0 Å². The summed E-state index contributed by atoms with van der Waals surface area (Å²) in [5, 5.41) is 20.7. The van der Waals surface area contributed by atoms with Crippen LogP contribution in [0.3, 0.4) is 0 Å². The lowest BCUT2D eigenvalue weighted by molar-refractivity contribution is 0.0188. The van der Waals surface area contributed by atoms with Crippen LogP contribution in [0.4, 0.5) is 16.2 Å². The molecule has 1 aliphatic heterocycles. The minimum absolute atomic E-state index is 0.468. The van der Waals surface area contributed by atoms with Crippen molar-refractivity contribution < 1.29 is 15.0 Å². The van der Waals surface area contributed by atoms with E-state index >= 15 is 0 Å². The van der Waals surface area contributed by atoms with Crippen molar-refractivity contribution in [3.8, 4) is 0 Å². The van der Waals surface area contributed by atoms with Gasteiger partial charge in [0, 0.05) is 11.1 Å². The molecule has 0 radical (unpaired) electrons. The van der Waals surface area contributed by atoms with Crippen LogP contribution in [0.1, 0.15) is 23.3 Å². The summed E-state index contributed by atoms with van der Waals surface area (Å²) in [6, 6.07) is 13.1. The van der Waals surface area contributed by atoms with Crippen molar-refractivity contribution in [2.24, 2.45) is 5.73 Å². The largest absolute Gasteiger partial charge is 0.385 e. The van der Waals surface area contributed by atoms with Gasteiger partial charge < -0.3 is 15.9 Å². The van der Waals surface area contributed by atoms with Gasteiger partial charge in [-0.15, -0.1) is 0 Å². The first-order valence-corrected chi connectivity index (χ1v) is 6.25. The van der Waals surface area contributed by atoms with Gasteiger partial charge in [-0.2, -0.15) is 0 Å². The summed E-state index contributed by atoms with van der Waals surface area (Å²) < 4.78 is 0. The van der Waals surface area contributed by atoms with Gasteiger partial charge in [0.15, 0.2) is 0 Å². The third-order valence-corrected chi connectivity index (χ3v) is 3.51. The summed E-state index contributed by atoms with van der Waals surface area (Å²) in [4.78, 5) is 13.1. The Hall–Kier alpha value is -2.37. The fraction of sp³-hybridized carbons (Fsp3) is 0.133. The number of hydrogen-bond acceptors (Lipinski definition) is 3. The molecule has 0 fully saturated rings. The Morgan fingerprint density at radius 2 is 1.30 bits per heavy atom. The molecule has 3 rings (SSSR count). The topological polar surface area (TPSA) is 86.8 Å². The van der Waals surface area contributed by atoms with E-state index in [1.165, 1.54) is 4.90 Å². The Morgan fingerprint density at radius 1 is 0.900 bits per heavy atom. The van der Waals surface area contributed by atoms with E-state index in [0.717, 1.165) is 0 Å². The second-order valence-corrected chi connectivity index (χ2v) is 4.68. The minimum atomic E-state index is -1.11. The van der Waals surface area contributed by atoms with Crippen molar-refractivity contribution in [3.63, 3.8) is 0 Å². The van der Waals surface area contributed by atoms with Gasteiger partial charge in [-0.25, -0.2) is 4.79 Å². The quantitative estimate of drug-likeness (QED) is 0.684. The number of primary amides is 1. The average Bonchev–Trinajstić information content (AvgIpc) is 2.55. The number of rotatable bonds is 0. The lowest BCUT2D eigenvalue weighted by atomic mass is 9.99. The molecule has 1 aliphatic rings. The number of urea groups is 1. The fourth-order valence-corrected chi connectivity index (χ4v) is 2.59. The molecule has 0 bridgehead atoms. The van der Waals surface area contributed by atoms with Gasteiger partial charge in [0.1, 0.15) is 12.2 Å². The number of amides is 2. The molecule has 20 heavy (non-hydrogen) atoms. The van der Waals surface area contributed by atoms with Gasteiger partial charge in [-0.3, -0.25) is 4.90 Å². The predicted molar refractivity (Wildman–Crippen MR) is 74.5 cm³/mol. The number of nitrogens with zero attached hydrogens (tertiary/aromatic N) is 1. The maximum atomic E-state index is 11.8. The summed E-state index contributed by atoms with van der Waals surface area (Å²) >= 11 is 0. The first-order valence-electron chi connectivity index (χ1n) is 6.25. The lowest BCUT2D eigenvalue weighted by Gasteiger charge is -2.22. The predicted octanol–water partition coefficient (Wildman–Crippen LogP) is 1.98. The number of anilines is 2. The number of fused-ring (bicyclic) bond motifs is 2. The molecule has 0 saturated heterocycles. The van der Waals surface area contributed by atoms with Gasteiger partial charge in [0.05, 0.1) is 11.4 Å². The first-order chi connectivity index (χ1) is 9.61. The van der Waals surface area contributed by atoms with Crippen LogP contribution in [0, 0.1) is 0 Å². The number of hydrogen-bond donors (Lipinski definition) is 3. The molecule has 5 nitrogen and oxygen atoms in total. The van der Waals surface area contributed by atoms with Crippen molar-refractivity contribution in [1.82, 2.24) is 0 Å². The maximum Gasteiger partial charge on any atom is 0.323 e. The second-order valence-electron chi connectivity index (χ2n) is 4.68. The molecule has 102 valence electrons. The number of aliphatic hydroxyl groups is 2. The molecular formula is C15H14N2O3. The molecule has 2 atom stereocenters. The third kappa shape index (κ3) is 1.76. The summed E-state index contributed by atoms with van der Waals surface area (Å²) in [7, 11) is 0. The highest BCUT2D eigenvalue weighted by molar-refractivity contribution is 6.00. The van der Waals surface area contributed by atoms with Crippen LogP contribution < -0.4 is 10.6 Å². The molecule has 2 amide bonds. The van der Waals surface area contributed by atoms with Crippen molar-refractivity contribution in [2.45, 2.75) is 12.2 Å². The molecule has 2 aromatic carbocycles. The van der Waals surface area contributed by atoms with Crippen LogP contribution >= 0.6 is 0 Å². The summed E-state index contributed by atoms with van der Waals surface area (Å²) in [5.41, 5.74) is 7.38. The number of para-hydroxylation sites is 2. The molecule has 0 saturated carbocycles.